The van der Waals surface area contributed by atoms with Gasteiger partial charge in [-0.3, -0.25) is 4.79 Å². The Morgan fingerprint density at radius 3 is 2.57 bits per heavy atom. The number of benzene rings is 2. The molecule has 1 unspecified atom stereocenters. The van der Waals surface area contributed by atoms with Crippen LogP contribution in [0.3, 0.4) is 0 Å². The second-order valence-electron chi connectivity index (χ2n) is 6.89. The number of pyridine rings is 1. The van der Waals surface area contributed by atoms with E-state index in [4.69, 9.17) is 10.5 Å². The number of fused-ring (bicyclic) bond motifs is 1. The van der Waals surface area contributed by atoms with Crippen LogP contribution in [0.5, 0.6) is 11.6 Å². The van der Waals surface area contributed by atoms with Gasteiger partial charge in [-0.25, -0.2) is 4.98 Å². The second kappa shape index (κ2) is 9.33. The number of aromatic nitrogens is 1. The van der Waals surface area contributed by atoms with Crippen LogP contribution in [0.2, 0.25) is 0 Å². The Hall–Kier alpha value is -2.92. The Balaban J connectivity index is 1.83. The predicted octanol–water partition coefficient (Wildman–Crippen LogP) is 4.79. The van der Waals surface area contributed by atoms with Crippen molar-refractivity contribution in [3.8, 4) is 11.6 Å². The molecule has 3 aromatic rings. The molecule has 5 heteroatoms. The monoisotopic (exact) mass is 377 g/mol. The zero-order chi connectivity index (χ0) is 19.9. The van der Waals surface area contributed by atoms with E-state index >= 15 is 0 Å². The summed E-state index contributed by atoms with van der Waals surface area (Å²) in [4.78, 5) is 15.4. The summed E-state index contributed by atoms with van der Waals surface area (Å²) >= 11 is 0. The molecule has 0 spiro atoms. The number of rotatable bonds is 9. The standard InChI is InChI=1S/C23H27N3O2/c1-3-7-18(4-2)25-14-16-8-5-10-20-19(16)9-6-11-21(20)28-22-13-12-17(15-26-22)23(24)27/h5-6,8-13,15,18,25H,3-4,7,14H2,1-2H3,(H2,24,27). The first-order chi connectivity index (χ1) is 13.6. The average Bonchev–Trinajstić information content (AvgIpc) is 2.72. The van der Waals surface area contributed by atoms with E-state index in [9.17, 15) is 4.79 Å². The molecule has 0 fully saturated rings. The lowest BCUT2D eigenvalue weighted by atomic mass is 10.0. The maximum Gasteiger partial charge on any atom is 0.250 e. The van der Waals surface area contributed by atoms with Crippen molar-refractivity contribution in [1.29, 1.82) is 0 Å². The Kier molecular flexibility index (Phi) is 6.61. The summed E-state index contributed by atoms with van der Waals surface area (Å²) in [6.07, 6.45) is 4.92. The molecule has 1 aromatic heterocycles. The molecule has 0 aliphatic rings. The van der Waals surface area contributed by atoms with Crippen molar-refractivity contribution in [1.82, 2.24) is 10.3 Å². The molecular formula is C23H27N3O2. The van der Waals surface area contributed by atoms with Crippen LogP contribution in [0.15, 0.2) is 54.7 Å². The second-order valence-corrected chi connectivity index (χ2v) is 6.89. The molecule has 2 aromatic carbocycles. The van der Waals surface area contributed by atoms with E-state index in [0.717, 1.165) is 29.5 Å². The molecule has 0 saturated carbocycles. The number of nitrogens with two attached hydrogens (primary N) is 1. The molecule has 146 valence electrons. The fourth-order valence-electron chi connectivity index (χ4n) is 3.34. The molecular weight excluding hydrogens is 350 g/mol. The van der Waals surface area contributed by atoms with Crippen molar-refractivity contribution < 1.29 is 9.53 Å². The van der Waals surface area contributed by atoms with Gasteiger partial charge in [0.15, 0.2) is 0 Å². The number of nitrogens with one attached hydrogen (secondary N) is 1. The van der Waals surface area contributed by atoms with Crippen LogP contribution in [-0.2, 0) is 6.54 Å². The van der Waals surface area contributed by atoms with E-state index in [1.54, 1.807) is 12.1 Å². The quantitative estimate of drug-likeness (QED) is 0.562. The van der Waals surface area contributed by atoms with E-state index in [1.165, 1.54) is 24.6 Å². The predicted molar refractivity (Wildman–Crippen MR) is 113 cm³/mol. The molecule has 3 rings (SSSR count). The topological polar surface area (TPSA) is 77.2 Å². The lowest BCUT2D eigenvalue weighted by molar-refractivity contribution is 0.1000. The Morgan fingerprint density at radius 2 is 1.89 bits per heavy atom. The molecule has 0 saturated heterocycles. The van der Waals surface area contributed by atoms with Crippen LogP contribution in [0.25, 0.3) is 10.8 Å². The third-order valence-corrected chi connectivity index (χ3v) is 4.92. The maximum atomic E-state index is 11.2. The molecule has 1 atom stereocenters. The van der Waals surface area contributed by atoms with Gasteiger partial charge >= 0.3 is 0 Å². The van der Waals surface area contributed by atoms with Gasteiger partial charge in [-0.05, 0) is 35.9 Å². The normalized spacial score (nSPS) is 12.1. The van der Waals surface area contributed by atoms with Gasteiger partial charge in [0.05, 0.1) is 5.56 Å². The number of amides is 1. The number of nitrogens with zero attached hydrogens (tertiary/aromatic N) is 1. The summed E-state index contributed by atoms with van der Waals surface area (Å²) < 4.78 is 5.98. The Bertz CT molecular complexity index is 938. The van der Waals surface area contributed by atoms with E-state index in [1.807, 2.05) is 12.1 Å². The zero-order valence-corrected chi connectivity index (χ0v) is 16.4. The fourth-order valence-corrected chi connectivity index (χ4v) is 3.34. The van der Waals surface area contributed by atoms with Crippen molar-refractivity contribution in [2.45, 2.75) is 45.7 Å². The van der Waals surface area contributed by atoms with Crippen LogP contribution < -0.4 is 15.8 Å². The van der Waals surface area contributed by atoms with E-state index in [2.05, 4.69) is 48.4 Å². The van der Waals surface area contributed by atoms with Crippen molar-refractivity contribution in [3.05, 3.63) is 65.9 Å². The van der Waals surface area contributed by atoms with Crippen molar-refractivity contribution >= 4 is 16.7 Å². The SMILES string of the molecule is CCCC(CC)NCc1cccc2c(Oc3ccc(C(N)=O)cn3)cccc12. The Morgan fingerprint density at radius 1 is 1.11 bits per heavy atom. The minimum absolute atomic E-state index is 0.358. The molecule has 0 aliphatic heterocycles. The van der Waals surface area contributed by atoms with Gasteiger partial charge in [-0.15, -0.1) is 0 Å². The maximum absolute atomic E-state index is 11.2. The average molecular weight is 377 g/mol. The molecule has 1 amide bonds. The highest BCUT2D eigenvalue weighted by atomic mass is 16.5. The largest absolute Gasteiger partial charge is 0.438 e. The summed E-state index contributed by atoms with van der Waals surface area (Å²) in [6.45, 7) is 5.26. The highest BCUT2D eigenvalue weighted by Gasteiger charge is 2.10. The van der Waals surface area contributed by atoms with Crippen LogP contribution in [0.4, 0.5) is 0 Å². The molecule has 1 heterocycles. The van der Waals surface area contributed by atoms with E-state index < -0.39 is 5.91 Å². The number of hydrogen-bond acceptors (Lipinski definition) is 4. The van der Waals surface area contributed by atoms with Crippen LogP contribution in [-0.4, -0.2) is 16.9 Å². The van der Waals surface area contributed by atoms with Crippen LogP contribution in [0, 0.1) is 0 Å². The first kappa shape index (κ1) is 19.8. The van der Waals surface area contributed by atoms with Gasteiger partial charge in [-0.1, -0.05) is 50.6 Å². The molecule has 0 bridgehead atoms. The molecule has 5 nitrogen and oxygen atoms in total. The summed E-state index contributed by atoms with van der Waals surface area (Å²) in [5, 5.41) is 5.86. The van der Waals surface area contributed by atoms with Gasteiger partial charge in [0, 0.05) is 30.2 Å². The van der Waals surface area contributed by atoms with Crippen LogP contribution in [0.1, 0.15) is 49.0 Å². The molecule has 28 heavy (non-hydrogen) atoms. The fraction of sp³-hybridized carbons (Fsp3) is 0.304. The lowest BCUT2D eigenvalue weighted by Gasteiger charge is -2.17. The highest BCUT2D eigenvalue weighted by molar-refractivity contribution is 5.92. The van der Waals surface area contributed by atoms with Gasteiger partial charge in [0.25, 0.3) is 0 Å². The van der Waals surface area contributed by atoms with Gasteiger partial charge in [0.1, 0.15) is 5.75 Å². The van der Waals surface area contributed by atoms with Crippen molar-refractivity contribution in [2.75, 3.05) is 0 Å². The van der Waals surface area contributed by atoms with Gasteiger partial charge in [0.2, 0.25) is 11.8 Å². The minimum atomic E-state index is -0.505. The Labute approximate surface area is 165 Å². The first-order valence-corrected chi connectivity index (χ1v) is 9.80. The van der Waals surface area contributed by atoms with E-state index in [0.29, 0.717) is 17.5 Å². The van der Waals surface area contributed by atoms with Gasteiger partial charge in [-0.2, -0.15) is 0 Å². The van der Waals surface area contributed by atoms with Gasteiger partial charge < -0.3 is 15.8 Å². The number of carbonyl (C=O) groups is 1. The number of ether oxygens (including phenoxy) is 1. The minimum Gasteiger partial charge on any atom is -0.438 e. The first-order valence-electron chi connectivity index (χ1n) is 9.80. The van der Waals surface area contributed by atoms with Crippen LogP contribution >= 0.6 is 0 Å². The van der Waals surface area contributed by atoms with Crippen molar-refractivity contribution in [2.24, 2.45) is 5.73 Å². The number of primary amides is 1. The van der Waals surface area contributed by atoms with Crippen molar-refractivity contribution in [3.63, 3.8) is 0 Å². The smallest absolute Gasteiger partial charge is 0.250 e. The lowest BCUT2D eigenvalue weighted by Crippen LogP contribution is -2.27. The molecule has 0 radical (unpaired) electrons. The molecule has 3 N–H and O–H groups in total. The van der Waals surface area contributed by atoms with E-state index in [-0.39, 0.29) is 0 Å². The summed E-state index contributed by atoms with van der Waals surface area (Å²) in [7, 11) is 0. The third-order valence-electron chi connectivity index (χ3n) is 4.92. The highest BCUT2D eigenvalue weighted by Crippen LogP contribution is 2.31. The summed E-state index contributed by atoms with van der Waals surface area (Å²) in [6, 6.07) is 16.1. The summed E-state index contributed by atoms with van der Waals surface area (Å²) in [5.74, 6) is 0.657. The number of hydrogen-bond donors (Lipinski definition) is 2. The zero-order valence-electron chi connectivity index (χ0n) is 16.4. The third kappa shape index (κ3) is 4.67. The molecule has 0 aliphatic carbocycles. The number of carbonyl (C=O) groups excluding carboxylic acids is 1. The summed E-state index contributed by atoms with van der Waals surface area (Å²) in [5.41, 5.74) is 6.86.